The second-order valence-electron chi connectivity index (χ2n) is 5.64. The van der Waals surface area contributed by atoms with Gasteiger partial charge in [0.15, 0.2) is 0 Å². The van der Waals surface area contributed by atoms with E-state index in [2.05, 4.69) is 28.5 Å². The molecule has 1 aliphatic rings. The summed E-state index contributed by atoms with van der Waals surface area (Å²) in [5.74, 6) is 1.68. The molecule has 0 atom stereocenters. The Morgan fingerprint density at radius 1 is 1.47 bits per heavy atom. The third-order valence-corrected chi connectivity index (χ3v) is 3.85. The van der Waals surface area contributed by atoms with Gasteiger partial charge in [-0.15, -0.1) is 0 Å². The molecule has 96 valence electrons. The van der Waals surface area contributed by atoms with E-state index < -0.39 is 0 Å². The SMILES string of the molecule is CC(C)(CCCN)CNc1nc(C2CC2)ns1. The number of anilines is 1. The standard InChI is InChI=1S/C12H22N4S/c1-12(2,6-3-7-13)8-14-11-15-10(16-17-11)9-4-5-9/h9H,3-8,13H2,1-2H3,(H,14,15,16). The van der Waals surface area contributed by atoms with Gasteiger partial charge in [0.1, 0.15) is 5.82 Å². The summed E-state index contributed by atoms with van der Waals surface area (Å²) >= 11 is 1.49. The van der Waals surface area contributed by atoms with E-state index in [4.69, 9.17) is 5.73 Å². The summed E-state index contributed by atoms with van der Waals surface area (Å²) < 4.78 is 4.39. The first-order chi connectivity index (χ1) is 8.11. The van der Waals surface area contributed by atoms with Crippen molar-refractivity contribution < 1.29 is 0 Å². The van der Waals surface area contributed by atoms with E-state index in [1.807, 2.05) is 0 Å². The normalized spacial score (nSPS) is 16.2. The third kappa shape index (κ3) is 3.92. The van der Waals surface area contributed by atoms with E-state index in [-0.39, 0.29) is 5.41 Å². The molecule has 4 nitrogen and oxygen atoms in total. The highest BCUT2D eigenvalue weighted by Crippen LogP contribution is 2.39. The van der Waals surface area contributed by atoms with Gasteiger partial charge in [-0.2, -0.15) is 4.37 Å². The highest BCUT2D eigenvalue weighted by atomic mass is 32.1. The Balaban J connectivity index is 1.79. The number of rotatable bonds is 7. The average Bonchev–Trinajstić information content (AvgIpc) is 3.04. The van der Waals surface area contributed by atoms with Crippen LogP contribution in [0, 0.1) is 5.41 Å². The van der Waals surface area contributed by atoms with E-state index in [9.17, 15) is 0 Å². The van der Waals surface area contributed by atoms with Crippen LogP contribution in [0.1, 0.15) is 51.3 Å². The lowest BCUT2D eigenvalue weighted by molar-refractivity contribution is 0.350. The molecule has 0 amide bonds. The van der Waals surface area contributed by atoms with Crippen LogP contribution in [0.25, 0.3) is 0 Å². The van der Waals surface area contributed by atoms with Crippen molar-refractivity contribution in [3.8, 4) is 0 Å². The summed E-state index contributed by atoms with van der Waals surface area (Å²) in [5.41, 5.74) is 5.81. The van der Waals surface area contributed by atoms with Crippen molar-refractivity contribution in [3.63, 3.8) is 0 Å². The quantitative estimate of drug-likeness (QED) is 0.785. The molecule has 1 aromatic heterocycles. The fraction of sp³-hybridized carbons (Fsp3) is 0.833. The predicted molar refractivity (Wildman–Crippen MR) is 72.4 cm³/mol. The van der Waals surface area contributed by atoms with E-state index in [0.717, 1.165) is 36.9 Å². The number of nitrogens with one attached hydrogen (secondary N) is 1. The van der Waals surface area contributed by atoms with Gasteiger partial charge in [-0.1, -0.05) is 13.8 Å². The molecule has 1 fully saturated rings. The number of aromatic nitrogens is 2. The van der Waals surface area contributed by atoms with Crippen LogP contribution in [0.15, 0.2) is 0 Å². The topological polar surface area (TPSA) is 63.8 Å². The highest BCUT2D eigenvalue weighted by Gasteiger charge is 2.28. The maximum absolute atomic E-state index is 5.55. The first-order valence-corrected chi connectivity index (χ1v) is 7.15. The number of hydrogen-bond donors (Lipinski definition) is 2. The van der Waals surface area contributed by atoms with Crippen LogP contribution in [0.3, 0.4) is 0 Å². The van der Waals surface area contributed by atoms with E-state index in [0.29, 0.717) is 5.92 Å². The summed E-state index contributed by atoms with van der Waals surface area (Å²) in [4.78, 5) is 4.53. The van der Waals surface area contributed by atoms with Crippen molar-refractivity contribution in [3.05, 3.63) is 5.82 Å². The van der Waals surface area contributed by atoms with Gasteiger partial charge in [0.25, 0.3) is 0 Å². The van der Waals surface area contributed by atoms with Crippen LogP contribution in [-0.4, -0.2) is 22.4 Å². The maximum atomic E-state index is 5.55. The predicted octanol–water partition coefficient (Wildman–Crippen LogP) is 2.59. The molecule has 0 radical (unpaired) electrons. The zero-order valence-electron chi connectivity index (χ0n) is 10.7. The van der Waals surface area contributed by atoms with Crippen molar-refractivity contribution in [2.45, 2.75) is 45.4 Å². The molecular weight excluding hydrogens is 232 g/mol. The summed E-state index contributed by atoms with van der Waals surface area (Å²) in [6, 6.07) is 0. The molecule has 0 spiro atoms. The van der Waals surface area contributed by atoms with Crippen LogP contribution < -0.4 is 11.1 Å². The van der Waals surface area contributed by atoms with Crippen LogP contribution in [0.5, 0.6) is 0 Å². The van der Waals surface area contributed by atoms with Crippen molar-refractivity contribution in [1.82, 2.24) is 9.36 Å². The average molecular weight is 254 g/mol. The monoisotopic (exact) mass is 254 g/mol. The summed E-state index contributed by atoms with van der Waals surface area (Å²) in [7, 11) is 0. The molecule has 0 unspecified atom stereocenters. The van der Waals surface area contributed by atoms with E-state index in [1.54, 1.807) is 0 Å². The zero-order valence-corrected chi connectivity index (χ0v) is 11.5. The second kappa shape index (κ2) is 5.31. The van der Waals surface area contributed by atoms with Crippen molar-refractivity contribution >= 4 is 16.7 Å². The van der Waals surface area contributed by atoms with Gasteiger partial charge < -0.3 is 11.1 Å². The van der Waals surface area contributed by atoms with Crippen LogP contribution in [-0.2, 0) is 0 Å². The summed E-state index contributed by atoms with van der Waals surface area (Å²) in [5, 5.41) is 4.37. The lowest BCUT2D eigenvalue weighted by Crippen LogP contribution is -2.24. The Kier molecular flexibility index (Phi) is 3.99. The van der Waals surface area contributed by atoms with Gasteiger partial charge in [0.05, 0.1) is 0 Å². The van der Waals surface area contributed by atoms with Crippen LogP contribution in [0.4, 0.5) is 5.13 Å². The molecular formula is C12H22N4S. The van der Waals surface area contributed by atoms with Gasteiger partial charge in [0, 0.05) is 24.0 Å². The van der Waals surface area contributed by atoms with Crippen molar-refractivity contribution in [1.29, 1.82) is 0 Å². The molecule has 0 saturated heterocycles. The first kappa shape index (κ1) is 12.8. The lowest BCUT2D eigenvalue weighted by atomic mass is 9.88. The minimum absolute atomic E-state index is 0.269. The number of hydrogen-bond acceptors (Lipinski definition) is 5. The maximum Gasteiger partial charge on any atom is 0.202 e. The molecule has 3 N–H and O–H groups in total. The number of nitrogens with zero attached hydrogens (tertiary/aromatic N) is 2. The Morgan fingerprint density at radius 2 is 2.24 bits per heavy atom. The van der Waals surface area contributed by atoms with Gasteiger partial charge >= 0.3 is 0 Å². The fourth-order valence-corrected chi connectivity index (χ4v) is 2.44. The molecule has 1 saturated carbocycles. The third-order valence-electron chi connectivity index (χ3n) is 3.16. The Morgan fingerprint density at radius 3 is 2.88 bits per heavy atom. The molecule has 5 heteroatoms. The molecule has 2 rings (SSSR count). The first-order valence-electron chi connectivity index (χ1n) is 6.38. The van der Waals surface area contributed by atoms with Gasteiger partial charge in [0.2, 0.25) is 5.13 Å². The molecule has 0 aliphatic heterocycles. The molecule has 17 heavy (non-hydrogen) atoms. The van der Waals surface area contributed by atoms with Gasteiger partial charge in [-0.3, -0.25) is 0 Å². The minimum atomic E-state index is 0.269. The molecule has 1 heterocycles. The summed E-state index contributed by atoms with van der Waals surface area (Å²) in [6.07, 6.45) is 4.75. The van der Waals surface area contributed by atoms with Crippen LogP contribution in [0.2, 0.25) is 0 Å². The Hall–Kier alpha value is -0.680. The largest absolute Gasteiger partial charge is 0.360 e. The van der Waals surface area contributed by atoms with Crippen molar-refractivity contribution in [2.24, 2.45) is 11.1 Å². The smallest absolute Gasteiger partial charge is 0.202 e. The molecule has 1 aliphatic carbocycles. The minimum Gasteiger partial charge on any atom is -0.360 e. The Labute approximate surface area is 107 Å². The Bertz CT molecular complexity index is 357. The fourth-order valence-electron chi connectivity index (χ4n) is 1.80. The highest BCUT2D eigenvalue weighted by molar-refractivity contribution is 7.09. The van der Waals surface area contributed by atoms with Crippen LogP contribution >= 0.6 is 11.5 Å². The van der Waals surface area contributed by atoms with E-state index in [1.165, 1.54) is 24.4 Å². The zero-order chi connectivity index (χ0) is 12.3. The second-order valence-corrected chi connectivity index (χ2v) is 6.39. The molecule has 0 aromatic carbocycles. The van der Waals surface area contributed by atoms with Gasteiger partial charge in [-0.25, -0.2) is 4.98 Å². The summed E-state index contributed by atoms with van der Waals surface area (Å²) in [6.45, 7) is 6.23. The molecule has 1 aromatic rings. The number of nitrogens with two attached hydrogens (primary N) is 1. The lowest BCUT2D eigenvalue weighted by Gasteiger charge is -2.24. The van der Waals surface area contributed by atoms with E-state index >= 15 is 0 Å². The van der Waals surface area contributed by atoms with Gasteiger partial charge in [-0.05, 0) is 37.6 Å². The molecule has 0 bridgehead atoms. The van der Waals surface area contributed by atoms with Crippen molar-refractivity contribution in [2.75, 3.05) is 18.4 Å².